The highest BCUT2D eigenvalue weighted by atomic mass is 79.9. The maximum atomic E-state index is 13.8. The van der Waals surface area contributed by atoms with E-state index in [1.807, 2.05) is 37.3 Å². The van der Waals surface area contributed by atoms with Crippen molar-refractivity contribution in [2.45, 2.75) is 6.92 Å². The third-order valence-electron chi connectivity index (χ3n) is 3.27. The van der Waals surface area contributed by atoms with Crippen molar-refractivity contribution in [2.75, 3.05) is 5.73 Å². The lowest BCUT2D eigenvalue weighted by atomic mass is 10.1. The van der Waals surface area contributed by atoms with Gasteiger partial charge in [-0.05, 0) is 40.5 Å². The van der Waals surface area contributed by atoms with Crippen molar-refractivity contribution in [1.29, 1.82) is 0 Å². The van der Waals surface area contributed by atoms with Gasteiger partial charge in [0.05, 0.1) is 15.7 Å². The summed E-state index contributed by atoms with van der Waals surface area (Å²) in [5, 5.41) is 0.627. The molecule has 2 N–H and O–H groups in total. The van der Waals surface area contributed by atoms with Crippen LogP contribution in [-0.2, 0) is 0 Å². The normalized spacial score (nSPS) is 10.9. The molecule has 0 aliphatic rings. The van der Waals surface area contributed by atoms with Gasteiger partial charge < -0.3 is 5.73 Å². The standard InChI is InChI=1S/C16H12BrFN2/c1-9-7-11(18)15(17)14-12(19)8-13(20-16(9)14)10-5-3-2-4-6-10/h2-8H,1H3,(H2,19,20). The molecular weight excluding hydrogens is 319 g/mol. The first-order valence-electron chi connectivity index (χ1n) is 6.18. The van der Waals surface area contributed by atoms with Crippen LogP contribution in [0.5, 0.6) is 0 Å². The minimum atomic E-state index is -0.323. The summed E-state index contributed by atoms with van der Waals surface area (Å²) in [7, 11) is 0. The second-order valence-electron chi connectivity index (χ2n) is 4.68. The van der Waals surface area contributed by atoms with Crippen LogP contribution >= 0.6 is 15.9 Å². The number of fused-ring (bicyclic) bond motifs is 1. The molecule has 4 heteroatoms. The van der Waals surface area contributed by atoms with E-state index in [9.17, 15) is 4.39 Å². The van der Waals surface area contributed by atoms with Crippen molar-refractivity contribution in [2.24, 2.45) is 0 Å². The first-order valence-corrected chi connectivity index (χ1v) is 6.97. The van der Waals surface area contributed by atoms with Gasteiger partial charge in [-0.1, -0.05) is 30.3 Å². The van der Waals surface area contributed by atoms with E-state index in [1.165, 1.54) is 6.07 Å². The first-order chi connectivity index (χ1) is 9.58. The molecule has 0 bridgehead atoms. The number of nitrogen functional groups attached to an aromatic ring is 1. The minimum Gasteiger partial charge on any atom is -0.398 e. The number of nitrogens with zero attached hydrogens (tertiary/aromatic N) is 1. The summed E-state index contributed by atoms with van der Waals surface area (Å²) in [5.41, 5.74) is 9.88. The van der Waals surface area contributed by atoms with E-state index in [0.29, 0.717) is 15.5 Å². The number of rotatable bonds is 1. The number of hydrogen-bond acceptors (Lipinski definition) is 2. The molecule has 2 aromatic carbocycles. The minimum absolute atomic E-state index is 0.323. The SMILES string of the molecule is Cc1cc(F)c(Br)c2c(N)cc(-c3ccccc3)nc12. The van der Waals surface area contributed by atoms with Crippen molar-refractivity contribution in [3.63, 3.8) is 0 Å². The summed E-state index contributed by atoms with van der Waals surface area (Å²) in [6.45, 7) is 1.83. The van der Waals surface area contributed by atoms with Crippen LogP contribution in [-0.4, -0.2) is 4.98 Å². The Kier molecular flexibility index (Phi) is 3.18. The van der Waals surface area contributed by atoms with Crippen LogP contribution in [0.25, 0.3) is 22.2 Å². The number of hydrogen-bond donors (Lipinski definition) is 1. The van der Waals surface area contributed by atoms with E-state index < -0.39 is 0 Å². The molecule has 0 saturated heterocycles. The van der Waals surface area contributed by atoms with Gasteiger partial charge in [-0.15, -0.1) is 0 Å². The van der Waals surface area contributed by atoms with E-state index >= 15 is 0 Å². The summed E-state index contributed by atoms with van der Waals surface area (Å²) >= 11 is 3.25. The lowest BCUT2D eigenvalue weighted by Gasteiger charge is -2.11. The zero-order chi connectivity index (χ0) is 14.3. The van der Waals surface area contributed by atoms with Gasteiger partial charge in [-0.25, -0.2) is 9.37 Å². The van der Waals surface area contributed by atoms with Crippen molar-refractivity contribution in [3.8, 4) is 11.3 Å². The molecule has 0 atom stereocenters. The van der Waals surface area contributed by atoms with Crippen LogP contribution in [0.4, 0.5) is 10.1 Å². The van der Waals surface area contributed by atoms with Crippen molar-refractivity contribution in [3.05, 3.63) is 58.3 Å². The summed E-state index contributed by atoms with van der Waals surface area (Å²) < 4.78 is 14.1. The Morgan fingerprint density at radius 2 is 1.85 bits per heavy atom. The first kappa shape index (κ1) is 13.1. The zero-order valence-electron chi connectivity index (χ0n) is 10.8. The maximum absolute atomic E-state index is 13.8. The van der Waals surface area contributed by atoms with Crippen LogP contribution in [0.1, 0.15) is 5.56 Å². The van der Waals surface area contributed by atoms with Crippen LogP contribution in [0.2, 0.25) is 0 Å². The summed E-state index contributed by atoms with van der Waals surface area (Å²) in [5.74, 6) is -0.323. The third kappa shape index (κ3) is 2.06. The lowest BCUT2D eigenvalue weighted by molar-refractivity contribution is 0.622. The average Bonchev–Trinajstić information content (AvgIpc) is 2.45. The highest BCUT2D eigenvalue weighted by Crippen LogP contribution is 2.35. The molecule has 2 nitrogen and oxygen atoms in total. The fourth-order valence-electron chi connectivity index (χ4n) is 2.28. The quantitative estimate of drug-likeness (QED) is 0.702. The van der Waals surface area contributed by atoms with Gasteiger partial charge in [0.25, 0.3) is 0 Å². The maximum Gasteiger partial charge on any atom is 0.138 e. The number of anilines is 1. The van der Waals surface area contributed by atoms with Gasteiger partial charge in [0.15, 0.2) is 0 Å². The smallest absolute Gasteiger partial charge is 0.138 e. The Morgan fingerprint density at radius 1 is 1.15 bits per heavy atom. The predicted octanol–water partition coefficient (Wildman–Crippen LogP) is 4.69. The van der Waals surface area contributed by atoms with Gasteiger partial charge in [0.1, 0.15) is 5.82 Å². The number of nitrogens with two attached hydrogens (primary N) is 1. The summed E-state index contributed by atoms with van der Waals surface area (Å²) in [4.78, 5) is 4.63. The van der Waals surface area contributed by atoms with Crippen LogP contribution in [0, 0.1) is 12.7 Å². The third-order valence-corrected chi connectivity index (χ3v) is 4.04. The Balaban J connectivity index is 2.36. The van der Waals surface area contributed by atoms with Crippen LogP contribution in [0.3, 0.4) is 0 Å². The Morgan fingerprint density at radius 3 is 2.55 bits per heavy atom. The molecule has 0 fully saturated rings. The van der Waals surface area contributed by atoms with Crippen molar-refractivity contribution >= 4 is 32.5 Å². The van der Waals surface area contributed by atoms with E-state index in [4.69, 9.17) is 5.73 Å². The van der Waals surface area contributed by atoms with Gasteiger partial charge in [-0.3, -0.25) is 0 Å². The number of aromatic nitrogens is 1. The molecule has 20 heavy (non-hydrogen) atoms. The molecule has 3 rings (SSSR count). The summed E-state index contributed by atoms with van der Waals surface area (Å²) in [6, 6.07) is 13.0. The predicted molar refractivity (Wildman–Crippen MR) is 84.0 cm³/mol. The highest BCUT2D eigenvalue weighted by molar-refractivity contribution is 9.10. The van der Waals surface area contributed by atoms with Crippen LogP contribution < -0.4 is 5.73 Å². The molecular formula is C16H12BrFN2. The largest absolute Gasteiger partial charge is 0.398 e. The highest BCUT2D eigenvalue weighted by Gasteiger charge is 2.14. The molecule has 0 unspecified atom stereocenters. The molecule has 1 aromatic heterocycles. The second-order valence-corrected chi connectivity index (χ2v) is 5.47. The van der Waals surface area contributed by atoms with Crippen molar-refractivity contribution < 1.29 is 4.39 Å². The molecule has 0 spiro atoms. The topological polar surface area (TPSA) is 38.9 Å². The van der Waals surface area contributed by atoms with Gasteiger partial charge in [0.2, 0.25) is 0 Å². The molecule has 0 amide bonds. The van der Waals surface area contributed by atoms with Crippen LogP contribution in [0.15, 0.2) is 46.9 Å². The Labute approximate surface area is 124 Å². The van der Waals surface area contributed by atoms with Crippen molar-refractivity contribution in [1.82, 2.24) is 4.98 Å². The number of aryl methyl sites for hydroxylation is 1. The zero-order valence-corrected chi connectivity index (χ0v) is 12.4. The van der Waals surface area contributed by atoms with E-state index in [-0.39, 0.29) is 5.82 Å². The number of benzene rings is 2. The molecule has 100 valence electrons. The molecule has 3 aromatic rings. The van der Waals surface area contributed by atoms with Gasteiger partial charge >= 0.3 is 0 Å². The molecule has 0 radical (unpaired) electrons. The summed E-state index contributed by atoms with van der Waals surface area (Å²) in [6.07, 6.45) is 0. The van der Waals surface area contributed by atoms with E-state index in [2.05, 4.69) is 20.9 Å². The Bertz CT molecular complexity index is 801. The average molecular weight is 331 g/mol. The molecule has 0 aliphatic heterocycles. The molecule has 0 saturated carbocycles. The Hall–Kier alpha value is -1.94. The lowest BCUT2D eigenvalue weighted by Crippen LogP contribution is -1.97. The second kappa shape index (κ2) is 4.87. The van der Waals surface area contributed by atoms with E-state index in [1.54, 1.807) is 6.07 Å². The molecule has 0 aliphatic carbocycles. The van der Waals surface area contributed by atoms with E-state index in [0.717, 1.165) is 22.3 Å². The van der Waals surface area contributed by atoms with Gasteiger partial charge in [-0.2, -0.15) is 0 Å². The fourth-order valence-corrected chi connectivity index (χ4v) is 2.81. The van der Waals surface area contributed by atoms with Gasteiger partial charge in [0, 0.05) is 16.6 Å². The number of halogens is 2. The fraction of sp³-hybridized carbons (Fsp3) is 0.0625. The monoisotopic (exact) mass is 330 g/mol. The molecule has 1 heterocycles. The number of pyridine rings is 1.